The number of hydrogen-bond donors (Lipinski definition) is 1. The molecule has 0 unspecified atom stereocenters. The summed E-state index contributed by atoms with van der Waals surface area (Å²) < 4.78 is 42.4. The summed E-state index contributed by atoms with van der Waals surface area (Å²) in [4.78, 5) is 22.4. The number of carbonyl (C=O) groups excluding carboxylic acids is 2. The van der Waals surface area contributed by atoms with E-state index in [-0.39, 0.29) is 26.1 Å². The van der Waals surface area contributed by atoms with Gasteiger partial charge in [-0.1, -0.05) is 0 Å². The Morgan fingerprint density at radius 3 is 2.70 bits per heavy atom. The van der Waals surface area contributed by atoms with Gasteiger partial charge >= 0.3 is 12.1 Å². The van der Waals surface area contributed by atoms with Crippen molar-refractivity contribution in [3.05, 3.63) is 18.0 Å². The Labute approximate surface area is 112 Å². The smallest absolute Gasteiger partial charge is 0.435 e. The van der Waals surface area contributed by atoms with Gasteiger partial charge in [-0.25, -0.2) is 0 Å². The first-order valence-electron chi connectivity index (χ1n) is 5.86. The molecule has 1 amide bonds. The minimum absolute atomic E-state index is 0.00644. The van der Waals surface area contributed by atoms with Crippen LogP contribution in [0.2, 0.25) is 0 Å². The molecule has 0 aliphatic rings. The highest BCUT2D eigenvalue weighted by atomic mass is 19.4. The Balaban J connectivity index is 2.36. The number of nitrogens with one attached hydrogen (secondary N) is 1. The first-order valence-corrected chi connectivity index (χ1v) is 5.86. The lowest BCUT2D eigenvalue weighted by molar-refractivity contribution is -0.143. The molecule has 0 spiro atoms. The van der Waals surface area contributed by atoms with Gasteiger partial charge < -0.3 is 10.1 Å². The molecule has 0 radical (unpaired) electrons. The van der Waals surface area contributed by atoms with E-state index in [9.17, 15) is 22.8 Å². The largest absolute Gasteiger partial charge is 0.466 e. The van der Waals surface area contributed by atoms with E-state index in [1.807, 2.05) is 0 Å². The molecule has 0 saturated heterocycles. The van der Waals surface area contributed by atoms with Crippen LogP contribution in [-0.2, 0) is 27.0 Å². The van der Waals surface area contributed by atoms with E-state index in [0.29, 0.717) is 0 Å². The summed E-state index contributed by atoms with van der Waals surface area (Å²) in [6.45, 7) is 1.62. The fraction of sp³-hybridized carbons (Fsp3) is 0.545. The lowest BCUT2D eigenvalue weighted by Crippen LogP contribution is -2.30. The number of carbonyl (C=O) groups is 2. The van der Waals surface area contributed by atoms with Crippen LogP contribution in [0, 0.1) is 0 Å². The molecule has 0 aliphatic heterocycles. The molecule has 20 heavy (non-hydrogen) atoms. The molecule has 1 heterocycles. The summed E-state index contributed by atoms with van der Waals surface area (Å²) in [6.07, 6.45) is -3.47. The third-order valence-electron chi connectivity index (χ3n) is 2.19. The van der Waals surface area contributed by atoms with Crippen molar-refractivity contribution in [1.82, 2.24) is 15.1 Å². The van der Waals surface area contributed by atoms with Crippen molar-refractivity contribution in [3.8, 4) is 0 Å². The molecule has 0 atom stereocenters. The second-order valence-corrected chi connectivity index (χ2v) is 3.80. The van der Waals surface area contributed by atoms with Gasteiger partial charge in [0.15, 0.2) is 5.69 Å². The number of alkyl halides is 3. The monoisotopic (exact) mass is 293 g/mol. The Bertz CT molecular complexity index is 471. The van der Waals surface area contributed by atoms with Crippen molar-refractivity contribution in [1.29, 1.82) is 0 Å². The van der Waals surface area contributed by atoms with Crippen LogP contribution < -0.4 is 5.32 Å². The standard InChI is InChI=1S/C11H14F3N3O3/c1-2-20-10(19)3-5-15-9(18)7-17-6-4-8(16-17)11(12,13)14/h4,6H,2-3,5,7H2,1H3,(H,15,18). The van der Waals surface area contributed by atoms with Crippen LogP contribution >= 0.6 is 0 Å². The van der Waals surface area contributed by atoms with E-state index >= 15 is 0 Å². The summed E-state index contributed by atoms with van der Waals surface area (Å²) in [5.41, 5.74) is -1.06. The van der Waals surface area contributed by atoms with Crippen molar-refractivity contribution >= 4 is 11.9 Å². The Kier molecular flexibility index (Phi) is 5.53. The molecule has 0 fully saturated rings. The normalized spacial score (nSPS) is 11.2. The maximum Gasteiger partial charge on any atom is 0.435 e. The highest BCUT2D eigenvalue weighted by molar-refractivity contribution is 5.76. The zero-order chi connectivity index (χ0) is 15.2. The van der Waals surface area contributed by atoms with Crippen molar-refractivity contribution in [2.45, 2.75) is 26.1 Å². The quantitative estimate of drug-likeness (QED) is 0.793. The van der Waals surface area contributed by atoms with E-state index in [0.717, 1.165) is 16.9 Å². The third-order valence-corrected chi connectivity index (χ3v) is 2.19. The predicted molar refractivity (Wildman–Crippen MR) is 61.5 cm³/mol. The molecule has 6 nitrogen and oxygen atoms in total. The molecule has 1 aromatic rings. The molecule has 9 heteroatoms. The van der Waals surface area contributed by atoms with Crippen molar-refractivity contribution in [2.24, 2.45) is 0 Å². The van der Waals surface area contributed by atoms with Gasteiger partial charge in [0.1, 0.15) is 6.54 Å². The number of halogens is 3. The minimum atomic E-state index is -4.54. The van der Waals surface area contributed by atoms with E-state index < -0.39 is 23.7 Å². The zero-order valence-electron chi connectivity index (χ0n) is 10.7. The molecule has 0 aromatic carbocycles. The second kappa shape index (κ2) is 6.92. The number of esters is 1. The molecular weight excluding hydrogens is 279 g/mol. The molecule has 1 aromatic heterocycles. The average molecular weight is 293 g/mol. The minimum Gasteiger partial charge on any atom is -0.466 e. The van der Waals surface area contributed by atoms with Crippen molar-refractivity contribution < 1.29 is 27.5 Å². The molecule has 1 N–H and O–H groups in total. The third kappa shape index (κ3) is 5.29. The summed E-state index contributed by atoms with van der Waals surface area (Å²) in [5, 5.41) is 5.62. The summed E-state index contributed by atoms with van der Waals surface area (Å²) in [7, 11) is 0. The van der Waals surface area contributed by atoms with Gasteiger partial charge in [-0.05, 0) is 13.0 Å². The Morgan fingerprint density at radius 1 is 1.45 bits per heavy atom. The first kappa shape index (κ1) is 16.0. The summed E-state index contributed by atoms with van der Waals surface area (Å²) in [6, 6.07) is 0.784. The molecule has 0 saturated carbocycles. The van der Waals surface area contributed by atoms with E-state index in [2.05, 4.69) is 15.2 Å². The van der Waals surface area contributed by atoms with Gasteiger partial charge in [0.2, 0.25) is 5.91 Å². The number of aromatic nitrogens is 2. The van der Waals surface area contributed by atoms with E-state index in [1.54, 1.807) is 6.92 Å². The van der Waals surface area contributed by atoms with Crippen molar-refractivity contribution in [3.63, 3.8) is 0 Å². The summed E-state index contributed by atoms with van der Waals surface area (Å²) >= 11 is 0. The Morgan fingerprint density at radius 2 is 2.15 bits per heavy atom. The molecule has 112 valence electrons. The lowest BCUT2D eigenvalue weighted by atomic mass is 10.4. The Hall–Kier alpha value is -2.06. The second-order valence-electron chi connectivity index (χ2n) is 3.80. The van der Waals surface area contributed by atoms with Crippen LogP contribution in [0.15, 0.2) is 12.3 Å². The van der Waals surface area contributed by atoms with Crippen LogP contribution in [0.1, 0.15) is 19.0 Å². The van der Waals surface area contributed by atoms with Crippen molar-refractivity contribution in [2.75, 3.05) is 13.2 Å². The van der Waals surface area contributed by atoms with Crippen LogP contribution in [-0.4, -0.2) is 34.8 Å². The lowest BCUT2D eigenvalue weighted by Gasteiger charge is -2.05. The molecular formula is C11H14F3N3O3. The maximum atomic E-state index is 12.3. The van der Waals surface area contributed by atoms with E-state index in [4.69, 9.17) is 0 Å². The van der Waals surface area contributed by atoms with Gasteiger partial charge in [-0.2, -0.15) is 18.3 Å². The average Bonchev–Trinajstić information content (AvgIpc) is 2.77. The SMILES string of the molecule is CCOC(=O)CCNC(=O)Cn1ccc(C(F)(F)F)n1. The van der Waals surface area contributed by atoms with Crippen LogP contribution in [0.4, 0.5) is 13.2 Å². The van der Waals surface area contributed by atoms with Crippen LogP contribution in [0.25, 0.3) is 0 Å². The molecule has 1 rings (SSSR count). The van der Waals surface area contributed by atoms with Gasteiger partial charge in [0.05, 0.1) is 13.0 Å². The zero-order valence-corrected chi connectivity index (χ0v) is 10.7. The van der Waals surface area contributed by atoms with E-state index in [1.165, 1.54) is 0 Å². The summed E-state index contributed by atoms with van der Waals surface area (Å²) in [5.74, 6) is -0.989. The van der Waals surface area contributed by atoms with Crippen LogP contribution in [0.5, 0.6) is 0 Å². The number of hydrogen-bond acceptors (Lipinski definition) is 4. The highest BCUT2D eigenvalue weighted by Crippen LogP contribution is 2.27. The topological polar surface area (TPSA) is 73.2 Å². The number of ether oxygens (including phenoxy) is 1. The van der Waals surface area contributed by atoms with Gasteiger partial charge in [0, 0.05) is 12.7 Å². The number of amides is 1. The van der Waals surface area contributed by atoms with Gasteiger partial charge in [-0.3, -0.25) is 14.3 Å². The number of rotatable bonds is 6. The fourth-order valence-corrected chi connectivity index (χ4v) is 1.34. The van der Waals surface area contributed by atoms with Gasteiger partial charge in [-0.15, -0.1) is 0 Å². The van der Waals surface area contributed by atoms with Gasteiger partial charge in [0.25, 0.3) is 0 Å². The van der Waals surface area contributed by atoms with Crippen LogP contribution in [0.3, 0.4) is 0 Å². The fourth-order valence-electron chi connectivity index (χ4n) is 1.34. The number of nitrogens with zero attached hydrogens (tertiary/aromatic N) is 2. The highest BCUT2D eigenvalue weighted by Gasteiger charge is 2.33. The molecule has 0 aliphatic carbocycles. The predicted octanol–water partition coefficient (Wildman–Crippen LogP) is 0.971. The maximum absolute atomic E-state index is 12.3. The molecule has 0 bridgehead atoms. The first-order chi connectivity index (χ1) is 9.32.